The average molecular weight is 323 g/mol. The molecule has 0 bridgehead atoms. The van der Waals surface area contributed by atoms with Gasteiger partial charge in [-0.05, 0) is 32.0 Å². The normalized spacial score (nSPS) is 13.5. The monoisotopic (exact) mass is 323 g/mol. The zero-order valence-electron chi connectivity index (χ0n) is 12.0. The van der Waals surface area contributed by atoms with Crippen molar-refractivity contribution in [1.29, 1.82) is 0 Å². The van der Waals surface area contributed by atoms with E-state index in [1.165, 1.54) is 0 Å². The highest BCUT2D eigenvalue weighted by Crippen LogP contribution is 2.16. The van der Waals surface area contributed by atoms with E-state index >= 15 is 0 Å². The molecule has 21 heavy (non-hydrogen) atoms. The summed E-state index contributed by atoms with van der Waals surface area (Å²) in [4.78, 5) is 17.0. The van der Waals surface area contributed by atoms with E-state index in [4.69, 9.17) is 0 Å². The van der Waals surface area contributed by atoms with Crippen molar-refractivity contribution in [2.24, 2.45) is 0 Å². The van der Waals surface area contributed by atoms with E-state index in [-0.39, 0.29) is 12.1 Å². The molecular weight excluding hydrogens is 306 g/mol. The molecule has 0 aliphatic heterocycles. The van der Waals surface area contributed by atoms with Crippen LogP contribution in [0.25, 0.3) is 0 Å². The number of carbonyl (C=O) groups is 1. The Morgan fingerprint density at radius 2 is 2.19 bits per heavy atom. The van der Waals surface area contributed by atoms with Gasteiger partial charge in [0.15, 0.2) is 0 Å². The lowest BCUT2D eigenvalue weighted by Crippen LogP contribution is -2.31. The van der Waals surface area contributed by atoms with Crippen LogP contribution in [0.1, 0.15) is 23.7 Å². The van der Waals surface area contributed by atoms with Crippen LogP contribution in [0, 0.1) is 6.92 Å². The highest BCUT2D eigenvalue weighted by Gasteiger charge is 2.12. The maximum absolute atomic E-state index is 12.0. The minimum Gasteiger partial charge on any atom is -0.330 e. The highest BCUT2D eigenvalue weighted by molar-refractivity contribution is 7.84. The van der Waals surface area contributed by atoms with Crippen LogP contribution in [-0.4, -0.2) is 21.5 Å². The van der Waals surface area contributed by atoms with Crippen molar-refractivity contribution >= 4 is 33.9 Å². The molecule has 1 aromatic carbocycles. The summed E-state index contributed by atoms with van der Waals surface area (Å²) in [5, 5.41) is 8.46. The summed E-state index contributed by atoms with van der Waals surface area (Å²) in [5.74, 6) is 0. The van der Waals surface area contributed by atoms with Crippen molar-refractivity contribution in [3.05, 3.63) is 40.3 Å². The zero-order chi connectivity index (χ0) is 15.4. The second-order valence-corrected chi connectivity index (χ2v) is 7.04. The minimum atomic E-state index is -1.07. The molecule has 0 spiro atoms. The Kier molecular flexibility index (Phi) is 5.08. The summed E-state index contributed by atoms with van der Waals surface area (Å²) in [7, 11) is -1.07. The van der Waals surface area contributed by atoms with Crippen LogP contribution in [0.4, 0.5) is 10.5 Å². The second kappa shape index (κ2) is 6.82. The Bertz CT molecular complexity index is 670. The third-order valence-corrected chi connectivity index (χ3v) is 4.56. The molecule has 2 aromatic rings. The van der Waals surface area contributed by atoms with E-state index in [1.54, 1.807) is 41.9 Å². The first kappa shape index (κ1) is 15.7. The van der Waals surface area contributed by atoms with Crippen LogP contribution in [-0.2, 0) is 10.8 Å². The number of aryl methyl sites for hydroxylation is 1. The summed E-state index contributed by atoms with van der Waals surface area (Å²) in [6, 6.07) is 6.51. The van der Waals surface area contributed by atoms with Gasteiger partial charge in [0.2, 0.25) is 0 Å². The molecule has 0 saturated carbocycles. The number of nitrogens with one attached hydrogen (secondary N) is 2. The van der Waals surface area contributed by atoms with Gasteiger partial charge in [0.25, 0.3) is 0 Å². The number of nitrogens with zero attached hydrogens (tertiary/aromatic N) is 1. The summed E-state index contributed by atoms with van der Waals surface area (Å²) < 4.78 is 11.4. The van der Waals surface area contributed by atoms with Gasteiger partial charge in [-0.3, -0.25) is 4.21 Å². The number of benzene rings is 1. The number of carbonyl (C=O) groups excluding carboxylic acids is 1. The smallest absolute Gasteiger partial charge is 0.319 e. The number of hydrogen-bond acceptors (Lipinski definition) is 4. The molecule has 5 nitrogen and oxygen atoms in total. The Balaban J connectivity index is 1.98. The Morgan fingerprint density at radius 1 is 1.43 bits per heavy atom. The lowest BCUT2D eigenvalue weighted by Gasteiger charge is -2.13. The number of amides is 2. The molecule has 0 aliphatic carbocycles. The van der Waals surface area contributed by atoms with Gasteiger partial charge in [-0.25, -0.2) is 9.78 Å². The maximum atomic E-state index is 12.0. The first-order chi connectivity index (χ1) is 9.95. The van der Waals surface area contributed by atoms with Gasteiger partial charge >= 0.3 is 6.03 Å². The van der Waals surface area contributed by atoms with E-state index in [0.717, 1.165) is 10.7 Å². The SMILES string of the molecule is Cc1nc(C(C)NC(=O)Nc2cccc(S(C)=O)c2)cs1. The van der Waals surface area contributed by atoms with Crippen molar-refractivity contribution in [3.63, 3.8) is 0 Å². The largest absolute Gasteiger partial charge is 0.330 e. The number of aromatic nitrogens is 1. The lowest BCUT2D eigenvalue weighted by molar-refractivity contribution is 0.249. The number of hydrogen-bond donors (Lipinski definition) is 2. The molecular formula is C14H17N3O2S2. The molecule has 0 radical (unpaired) electrons. The van der Waals surface area contributed by atoms with Crippen LogP contribution in [0.2, 0.25) is 0 Å². The molecule has 2 N–H and O–H groups in total. The molecule has 2 amide bonds. The van der Waals surface area contributed by atoms with Gasteiger partial charge in [0.05, 0.1) is 16.7 Å². The highest BCUT2D eigenvalue weighted by atomic mass is 32.2. The number of rotatable bonds is 4. The molecule has 0 aliphatic rings. The fourth-order valence-corrected chi connectivity index (χ4v) is 3.04. The summed E-state index contributed by atoms with van der Waals surface area (Å²) in [5.41, 5.74) is 1.46. The van der Waals surface area contributed by atoms with Gasteiger partial charge < -0.3 is 10.6 Å². The molecule has 0 fully saturated rings. The van der Waals surface area contributed by atoms with Gasteiger partial charge in [-0.15, -0.1) is 11.3 Å². The molecule has 1 aromatic heterocycles. The summed E-state index contributed by atoms with van der Waals surface area (Å²) in [6.45, 7) is 3.81. The Morgan fingerprint density at radius 3 is 2.81 bits per heavy atom. The molecule has 2 rings (SSSR count). The molecule has 2 unspecified atom stereocenters. The minimum absolute atomic E-state index is 0.168. The molecule has 1 heterocycles. The zero-order valence-corrected chi connectivity index (χ0v) is 13.7. The van der Waals surface area contributed by atoms with E-state index in [0.29, 0.717) is 10.6 Å². The first-order valence-electron chi connectivity index (χ1n) is 6.38. The van der Waals surface area contributed by atoms with Crippen LogP contribution < -0.4 is 10.6 Å². The topological polar surface area (TPSA) is 71.1 Å². The van der Waals surface area contributed by atoms with Gasteiger partial charge in [0.1, 0.15) is 0 Å². The van der Waals surface area contributed by atoms with Crippen molar-refractivity contribution in [2.75, 3.05) is 11.6 Å². The molecule has 0 saturated heterocycles. The third-order valence-electron chi connectivity index (χ3n) is 2.85. The third kappa shape index (κ3) is 4.37. The van der Waals surface area contributed by atoms with Crippen molar-refractivity contribution in [3.8, 4) is 0 Å². The number of urea groups is 1. The van der Waals surface area contributed by atoms with E-state index in [2.05, 4.69) is 15.6 Å². The number of thiazole rings is 1. The molecule has 2 atom stereocenters. The van der Waals surface area contributed by atoms with Gasteiger partial charge in [-0.1, -0.05) is 6.07 Å². The van der Waals surface area contributed by atoms with E-state index < -0.39 is 10.8 Å². The van der Waals surface area contributed by atoms with Crippen LogP contribution >= 0.6 is 11.3 Å². The van der Waals surface area contributed by atoms with Crippen LogP contribution in [0.5, 0.6) is 0 Å². The van der Waals surface area contributed by atoms with Crippen molar-refractivity contribution < 1.29 is 9.00 Å². The lowest BCUT2D eigenvalue weighted by atomic mass is 10.2. The molecule has 7 heteroatoms. The summed E-state index contributed by atoms with van der Waals surface area (Å²) >= 11 is 1.55. The standard InChI is InChI=1S/C14H17N3O2S2/c1-9(13-8-20-10(2)16-13)15-14(18)17-11-5-4-6-12(7-11)21(3)19/h4-9H,1-3H3,(H2,15,17,18). The Hall–Kier alpha value is -1.73. The van der Waals surface area contributed by atoms with Crippen molar-refractivity contribution in [2.45, 2.75) is 24.8 Å². The van der Waals surface area contributed by atoms with Crippen LogP contribution in [0.15, 0.2) is 34.5 Å². The fourth-order valence-electron chi connectivity index (χ4n) is 1.77. The van der Waals surface area contributed by atoms with E-state index in [1.807, 2.05) is 19.2 Å². The maximum Gasteiger partial charge on any atom is 0.319 e. The fraction of sp³-hybridized carbons (Fsp3) is 0.286. The van der Waals surface area contributed by atoms with Gasteiger partial charge in [-0.2, -0.15) is 0 Å². The van der Waals surface area contributed by atoms with Crippen LogP contribution in [0.3, 0.4) is 0 Å². The van der Waals surface area contributed by atoms with Crippen molar-refractivity contribution in [1.82, 2.24) is 10.3 Å². The first-order valence-corrected chi connectivity index (χ1v) is 8.82. The summed E-state index contributed by atoms with van der Waals surface area (Å²) in [6.07, 6.45) is 1.60. The number of anilines is 1. The van der Waals surface area contributed by atoms with Gasteiger partial charge in [0, 0.05) is 33.0 Å². The molecule has 112 valence electrons. The predicted octanol–water partition coefficient (Wildman–Crippen LogP) is 3.07. The predicted molar refractivity (Wildman–Crippen MR) is 86.2 cm³/mol. The Labute approximate surface area is 130 Å². The second-order valence-electron chi connectivity index (χ2n) is 4.59. The average Bonchev–Trinajstić information content (AvgIpc) is 2.85. The quantitative estimate of drug-likeness (QED) is 0.908. The van der Waals surface area contributed by atoms with E-state index in [9.17, 15) is 9.00 Å².